The van der Waals surface area contributed by atoms with Crippen LogP contribution in [0.25, 0.3) is 0 Å². The van der Waals surface area contributed by atoms with E-state index in [-0.39, 0.29) is 24.3 Å². The number of hydrogen-bond donors (Lipinski definition) is 4. The second-order valence-corrected chi connectivity index (χ2v) is 4.88. The van der Waals surface area contributed by atoms with Gasteiger partial charge in [-0.2, -0.15) is 0 Å². The first-order valence-corrected chi connectivity index (χ1v) is 6.53. The molecule has 1 fully saturated rings. The molecular formula is C12H21N3O4. The molecule has 1 saturated heterocycles. The number of nitrogens with one attached hydrogen (secondary N) is 3. The molecule has 2 unspecified atom stereocenters. The average molecular weight is 271 g/mol. The van der Waals surface area contributed by atoms with Crippen LogP contribution in [0.4, 0.5) is 4.79 Å². The van der Waals surface area contributed by atoms with Crippen LogP contribution in [0.2, 0.25) is 0 Å². The molecule has 7 heteroatoms. The first kappa shape index (κ1) is 15.3. The van der Waals surface area contributed by atoms with Crippen molar-refractivity contribution in [1.29, 1.82) is 0 Å². The van der Waals surface area contributed by atoms with Crippen molar-refractivity contribution in [2.24, 2.45) is 5.92 Å². The highest BCUT2D eigenvalue weighted by atomic mass is 16.4. The molecule has 0 aliphatic carbocycles. The highest BCUT2D eigenvalue weighted by molar-refractivity contribution is 5.87. The number of piperidine rings is 1. The van der Waals surface area contributed by atoms with Crippen molar-refractivity contribution in [3.8, 4) is 0 Å². The van der Waals surface area contributed by atoms with Gasteiger partial charge < -0.3 is 21.1 Å². The quantitative estimate of drug-likeness (QED) is 0.548. The van der Waals surface area contributed by atoms with Crippen molar-refractivity contribution in [3.63, 3.8) is 0 Å². The first-order valence-electron chi connectivity index (χ1n) is 6.53. The zero-order valence-electron chi connectivity index (χ0n) is 11.1. The SMILES string of the molecule is CC(CCC(=O)O)CNC(=O)NC1CCCNC1=O. The van der Waals surface area contributed by atoms with Gasteiger partial charge in [-0.15, -0.1) is 0 Å². The monoisotopic (exact) mass is 271 g/mol. The molecule has 0 radical (unpaired) electrons. The fourth-order valence-electron chi connectivity index (χ4n) is 1.86. The van der Waals surface area contributed by atoms with Crippen molar-refractivity contribution < 1.29 is 19.5 Å². The van der Waals surface area contributed by atoms with Gasteiger partial charge in [0.1, 0.15) is 6.04 Å². The third kappa shape index (κ3) is 6.08. The van der Waals surface area contributed by atoms with Crippen LogP contribution in [0.5, 0.6) is 0 Å². The van der Waals surface area contributed by atoms with Gasteiger partial charge >= 0.3 is 12.0 Å². The number of urea groups is 1. The molecule has 0 aromatic heterocycles. The molecule has 0 aromatic rings. The van der Waals surface area contributed by atoms with E-state index < -0.39 is 12.0 Å². The van der Waals surface area contributed by atoms with E-state index in [1.54, 1.807) is 0 Å². The van der Waals surface area contributed by atoms with E-state index in [9.17, 15) is 14.4 Å². The van der Waals surface area contributed by atoms with Crippen LogP contribution in [-0.4, -0.2) is 42.1 Å². The number of carbonyl (C=O) groups is 3. The standard InChI is InChI=1S/C12H21N3O4/c1-8(4-5-10(16)17)7-14-12(19)15-9-3-2-6-13-11(9)18/h8-9H,2-7H2,1H3,(H,13,18)(H,16,17)(H2,14,15,19). The van der Waals surface area contributed by atoms with E-state index in [4.69, 9.17) is 5.11 Å². The van der Waals surface area contributed by atoms with Crippen LogP contribution < -0.4 is 16.0 Å². The number of aliphatic carboxylic acids is 1. The van der Waals surface area contributed by atoms with E-state index in [0.717, 1.165) is 6.42 Å². The average Bonchev–Trinajstić information content (AvgIpc) is 2.36. The van der Waals surface area contributed by atoms with E-state index >= 15 is 0 Å². The van der Waals surface area contributed by atoms with E-state index in [0.29, 0.717) is 25.9 Å². The van der Waals surface area contributed by atoms with Gasteiger partial charge in [0.2, 0.25) is 5.91 Å². The van der Waals surface area contributed by atoms with Gasteiger partial charge in [-0.1, -0.05) is 6.92 Å². The molecule has 1 aliphatic heterocycles. The minimum absolute atomic E-state index is 0.0852. The topological polar surface area (TPSA) is 108 Å². The summed E-state index contributed by atoms with van der Waals surface area (Å²) >= 11 is 0. The molecule has 1 rings (SSSR count). The Bertz CT molecular complexity index is 346. The van der Waals surface area contributed by atoms with E-state index in [1.165, 1.54) is 0 Å². The second-order valence-electron chi connectivity index (χ2n) is 4.88. The Hall–Kier alpha value is -1.79. The Kier molecular flexibility index (Phi) is 6.11. The predicted molar refractivity (Wildman–Crippen MR) is 68.6 cm³/mol. The van der Waals surface area contributed by atoms with Crippen molar-refractivity contribution in [3.05, 3.63) is 0 Å². The Balaban J connectivity index is 2.20. The lowest BCUT2D eigenvalue weighted by Crippen LogP contribution is -2.53. The molecule has 0 bridgehead atoms. The maximum absolute atomic E-state index is 11.6. The summed E-state index contributed by atoms with van der Waals surface area (Å²) < 4.78 is 0. The zero-order chi connectivity index (χ0) is 14.3. The van der Waals surface area contributed by atoms with Crippen LogP contribution in [-0.2, 0) is 9.59 Å². The Morgan fingerprint density at radius 2 is 2.26 bits per heavy atom. The third-order valence-electron chi connectivity index (χ3n) is 3.05. The zero-order valence-corrected chi connectivity index (χ0v) is 11.1. The molecule has 1 heterocycles. The van der Waals surface area contributed by atoms with Crippen LogP contribution in [0.15, 0.2) is 0 Å². The smallest absolute Gasteiger partial charge is 0.315 e. The summed E-state index contributed by atoms with van der Waals surface area (Å²) in [6.07, 6.45) is 2.11. The third-order valence-corrected chi connectivity index (χ3v) is 3.05. The molecule has 0 aromatic carbocycles. The molecule has 0 spiro atoms. The molecule has 4 N–H and O–H groups in total. The van der Waals surface area contributed by atoms with E-state index in [1.807, 2.05) is 6.92 Å². The molecular weight excluding hydrogens is 250 g/mol. The van der Waals surface area contributed by atoms with Crippen LogP contribution in [0.1, 0.15) is 32.6 Å². The Morgan fingerprint density at radius 1 is 1.53 bits per heavy atom. The lowest BCUT2D eigenvalue weighted by atomic mass is 10.1. The molecule has 3 amide bonds. The largest absolute Gasteiger partial charge is 0.481 e. The summed E-state index contributed by atoms with van der Waals surface area (Å²) in [4.78, 5) is 33.4. The fourth-order valence-corrected chi connectivity index (χ4v) is 1.86. The van der Waals surface area contributed by atoms with Crippen molar-refractivity contribution >= 4 is 17.9 Å². The molecule has 19 heavy (non-hydrogen) atoms. The minimum Gasteiger partial charge on any atom is -0.481 e. The molecule has 108 valence electrons. The summed E-state index contributed by atoms with van der Waals surface area (Å²) in [6.45, 7) is 2.93. The summed E-state index contributed by atoms with van der Waals surface area (Å²) in [5.41, 5.74) is 0. The lowest BCUT2D eigenvalue weighted by Gasteiger charge is -2.23. The van der Waals surface area contributed by atoms with Gasteiger partial charge in [-0.05, 0) is 25.2 Å². The van der Waals surface area contributed by atoms with Crippen LogP contribution >= 0.6 is 0 Å². The van der Waals surface area contributed by atoms with Crippen LogP contribution in [0, 0.1) is 5.92 Å². The highest BCUT2D eigenvalue weighted by Gasteiger charge is 2.23. The molecule has 2 atom stereocenters. The van der Waals surface area contributed by atoms with Gasteiger partial charge in [0.05, 0.1) is 0 Å². The summed E-state index contributed by atoms with van der Waals surface area (Å²) in [5.74, 6) is -0.905. The second kappa shape index (κ2) is 7.60. The van der Waals surface area contributed by atoms with Gasteiger partial charge in [-0.3, -0.25) is 9.59 Å². The highest BCUT2D eigenvalue weighted by Crippen LogP contribution is 2.04. The lowest BCUT2D eigenvalue weighted by molar-refractivity contribution is -0.137. The van der Waals surface area contributed by atoms with Crippen molar-refractivity contribution in [2.75, 3.05) is 13.1 Å². The van der Waals surface area contributed by atoms with Crippen LogP contribution in [0.3, 0.4) is 0 Å². The molecule has 1 aliphatic rings. The van der Waals surface area contributed by atoms with Gasteiger partial charge in [0.25, 0.3) is 0 Å². The summed E-state index contributed by atoms with van der Waals surface area (Å²) in [6, 6.07) is -0.854. The van der Waals surface area contributed by atoms with Gasteiger partial charge in [-0.25, -0.2) is 4.79 Å². The number of carboxylic acid groups (broad SMARTS) is 1. The van der Waals surface area contributed by atoms with Gasteiger partial charge in [0, 0.05) is 19.5 Å². The molecule has 0 saturated carbocycles. The summed E-state index contributed by atoms with van der Waals surface area (Å²) in [7, 11) is 0. The van der Waals surface area contributed by atoms with E-state index in [2.05, 4.69) is 16.0 Å². The first-order chi connectivity index (χ1) is 8.99. The number of amides is 3. The van der Waals surface area contributed by atoms with Gasteiger partial charge in [0.15, 0.2) is 0 Å². The normalized spacial score (nSPS) is 20.3. The van der Waals surface area contributed by atoms with Crippen molar-refractivity contribution in [2.45, 2.75) is 38.6 Å². The minimum atomic E-state index is -0.838. The number of rotatable bonds is 6. The van der Waals surface area contributed by atoms with Crippen molar-refractivity contribution in [1.82, 2.24) is 16.0 Å². The summed E-state index contributed by atoms with van der Waals surface area (Å²) in [5, 5.41) is 16.5. The number of carboxylic acids is 1. The fraction of sp³-hybridized carbons (Fsp3) is 0.750. The Morgan fingerprint density at radius 3 is 2.89 bits per heavy atom. The maximum Gasteiger partial charge on any atom is 0.315 e. The maximum atomic E-state index is 11.6. The predicted octanol–water partition coefficient (Wildman–Crippen LogP) is 0.0651. The Labute approximate surface area is 112 Å². The molecule has 7 nitrogen and oxygen atoms in total. The number of carbonyl (C=O) groups excluding carboxylic acids is 2. The number of hydrogen-bond acceptors (Lipinski definition) is 3.